The average Bonchev–Trinajstić information content (AvgIpc) is 3.35. The van der Waals surface area contributed by atoms with Gasteiger partial charge in [-0.25, -0.2) is 4.98 Å². The summed E-state index contributed by atoms with van der Waals surface area (Å²) in [6.07, 6.45) is 0. The van der Waals surface area contributed by atoms with Crippen molar-refractivity contribution in [1.82, 2.24) is 14.4 Å². The Kier molecular flexibility index (Phi) is 3.38. The van der Waals surface area contributed by atoms with Gasteiger partial charge in [0.2, 0.25) is 0 Å². The van der Waals surface area contributed by atoms with Gasteiger partial charge in [-0.15, -0.1) is 0 Å². The van der Waals surface area contributed by atoms with Crippen LogP contribution >= 0.6 is 0 Å². The maximum atomic E-state index is 13.8. The fourth-order valence-electron chi connectivity index (χ4n) is 6.40. The number of nitrogens with zero attached hydrogens (tertiary/aromatic N) is 2. The second-order valence-electron chi connectivity index (χ2n) is 9.88. The third kappa shape index (κ3) is 2.16. The molecule has 5 aromatic carbocycles. The molecule has 0 saturated carbocycles. The van der Waals surface area contributed by atoms with Crippen LogP contribution in [0.4, 0.5) is 0 Å². The Morgan fingerprint density at radius 1 is 0.605 bits per heavy atom. The van der Waals surface area contributed by atoms with Gasteiger partial charge in [0.05, 0.1) is 22.1 Å². The number of H-pyrrole nitrogens is 1. The van der Waals surface area contributed by atoms with Crippen molar-refractivity contribution in [2.45, 2.75) is 0 Å². The monoisotopic (exact) mass is 489 g/mol. The van der Waals surface area contributed by atoms with Crippen molar-refractivity contribution in [3.63, 3.8) is 0 Å². The van der Waals surface area contributed by atoms with Crippen LogP contribution in [0.25, 0.3) is 60.0 Å². The van der Waals surface area contributed by atoms with E-state index in [2.05, 4.69) is 4.98 Å². The molecule has 6 nitrogen and oxygen atoms in total. The number of para-hydroxylation sites is 2. The Balaban J connectivity index is 1.46. The Morgan fingerprint density at radius 2 is 1.32 bits per heavy atom. The largest absolute Gasteiger partial charge is 0.354 e. The number of imidazole rings is 1. The highest BCUT2D eigenvalue weighted by molar-refractivity contribution is 6.35. The van der Waals surface area contributed by atoms with Crippen molar-refractivity contribution in [2.24, 2.45) is 0 Å². The fraction of sp³-hybridized carbons (Fsp3) is 0. The lowest BCUT2D eigenvalue weighted by Crippen LogP contribution is -2.21. The number of benzene rings is 5. The van der Waals surface area contributed by atoms with Crippen LogP contribution in [-0.4, -0.2) is 25.9 Å². The molecular formula is C32H15N3O3. The van der Waals surface area contributed by atoms with Gasteiger partial charge >= 0.3 is 0 Å². The summed E-state index contributed by atoms with van der Waals surface area (Å²) in [6, 6.07) is 26.0. The zero-order valence-corrected chi connectivity index (χ0v) is 19.7. The van der Waals surface area contributed by atoms with Crippen LogP contribution in [0.1, 0.15) is 31.8 Å². The van der Waals surface area contributed by atoms with Crippen LogP contribution < -0.4 is 5.56 Å². The third-order valence-electron chi connectivity index (χ3n) is 8.04. The topological polar surface area (TPSA) is 84.3 Å². The van der Waals surface area contributed by atoms with Crippen molar-refractivity contribution in [2.75, 3.05) is 0 Å². The van der Waals surface area contributed by atoms with Gasteiger partial charge in [0.25, 0.3) is 5.56 Å². The maximum absolute atomic E-state index is 13.8. The first-order chi connectivity index (χ1) is 18.6. The van der Waals surface area contributed by atoms with Crippen LogP contribution in [0.15, 0.2) is 89.7 Å². The molecule has 0 amide bonds. The lowest BCUT2D eigenvalue weighted by Gasteiger charge is -2.20. The van der Waals surface area contributed by atoms with Gasteiger partial charge in [0.15, 0.2) is 11.6 Å². The number of carbonyl (C=O) groups is 2. The Hall–Kier alpha value is -5.36. The summed E-state index contributed by atoms with van der Waals surface area (Å²) in [6.45, 7) is 0. The first kappa shape index (κ1) is 19.8. The lowest BCUT2D eigenvalue weighted by molar-refractivity contribution is 0.0980. The van der Waals surface area contributed by atoms with E-state index in [-0.39, 0.29) is 17.1 Å². The van der Waals surface area contributed by atoms with E-state index < -0.39 is 0 Å². The lowest BCUT2D eigenvalue weighted by atomic mass is 9.82. The number of hydrogen-bond donors (Lipinski definition) is 1. The second kappa shape index (κ2) is 6.49. The molecule has 38 heavy (non-hydrogen) atoms. The molecule has 1 N–H and O–H groups in total. The quantitative estimate of drug-likeness (QED) is 0.209. The van der Waals surface area contributed by atoms with Gasteiger partial charge in [-0.3, -0.25) is 18.8 Å². The van der Waals surface area contributed by atoms with E-state index in [9.17, 15) is 14.4 Å². The number of aromatic nitrogens is 3. The molecule has 0 fully saturated rings. The van der Waals surface area contributed by atoms with Crippen LogP contribution in [0, 0.1) is 0 Å². The third-order valence-corrected chi connectivity index (χ3v) is 8.04. The number of carbonyl (C=O) groups excluding carboxylic acids is 2. The molecule has 9 rings (SSSR count). The standard InChI is InChI=1S/C32H15N3O3/c36-29-17-5-1-2-6-18(17)30(37)27-19(29)11-10-16-15-9-12-20-25-21(13-14-23(26(15)25)33-28(16)27)32(38)35-24-8-4-3-7-22(24)34-31(20)35/h1-14,33H. The van der Waals surface area contributed by atoms with Crippen molar-refractivity contribution in [3.05, 3.63) is 118 Å². The van der Waals surface area contributed by atoms with E-state index in [0.717, 1.165) is 43.5 Å². The first-order valence-corrected chi connectivity index (χ1v) is 12.4. The highest BCUT2D eigenvalue weighted by atomic mass is 16.1. The highest BCUT2D eigenvalue weighted by Crippen LogP contribution is 2.40. The Labute approximate surface area is 213 Å². The van der Waals surface area contributed by atoms with Gasteiger partial charge in [0.1, 0.15) is 5.65 Å². The van der Waals surface area contributed by atoms with Gasteiger partial charge in [0, 0.05) is 49.1 Å². The number of nitrogens with one attached hydrogen (secondary N) is 1. The molecule has 176 valence electrons. The zero-order valence-electron chi connectivity index (χ0n) is 19.7. The van der Waals surface area contributed by atoms with Crippen molar-refractivity contribution in [3.8, 4) is 0 Å². The summed E-state index contributed by atoms with van der Waals surface area (Å²) < 4.78 is 1.69. The summed E-state index contributed by atoms with van der Waals surface area (Å²) in [5.41, 5.74) is 5.12. The van der Waals surface area contributed by atoms with E-state index in [4.69, 9.17) is 4.98 Å². The first-order valence-electron chi connectivity index (χ1n) is 12.4. The minimum Gasteiger partial charge on any atom is -0.354 e. The van der Waals surface area contributed by atoms with Gasteiger partial charge in [-0.2, -0.15) is 0 Å². The molecule has 0 bridgehead atoms. The molecule has 8 aromatic rings. The zero-order chi connectivity index (χ0) is 25.3. The molecule has 0 unspecified atom stereocenters. The second-order valence-corrected chi connectivity index (χ2v) is 9.88. The van der Waals surface area contributed by atoms with Crippen molar-refractivity contribution < 1.29 is 9.59 Å². The number of hydrogen-bond acceptors (Lipinski definition) is 4. The highest BCUT2D eigenvalue weighted by Gasteiger charge is 2.32. The predicted octanol–water partition coefficient (Wildman–Crippen LogP) is 6.00. The molecule has 0 atom stereocenters. The number of fused-ring (bicyclic) bond motifs is 9. The molecule has 1 aliphatic rings. The Bertz CT molecular complexity index is 2460. The molecule has 0 saturated heterocycles. The van der Waals surface area contributed by atoms with Gasteiger partial charge in [-0.1, -0.05) is 48.5 Å². The Morgan fingerprint density at radius 3 is 2.18 bits per heavy atom. The van der Waals surface area contributed by atoms with E-state index >= 15 is 0 Å². The van der Waals surface area contributed by atoms with E-state index in [0.29, 0.717) is 38.8 Å². The molecule has 0 radical (unpaired) electrons. The van der Waals surface area contributed by atoms with E-state index in [1.54, 1.807) is 34.7 Å². The minimum atomic E-state index is -0.169. The predicted molar refractivity (Wildman–Crippen MR) is 148 cm³/mol. The summed E-state index contributed by atoms with van der Waals surface area (Å²) in [5.74, 6) is -0.321. The number of rotatable bonds is 0. The fourth-order valence-corrected chi connectivity index (χ4v) is 6.40. The smallest absolute Gasteiger partial charge is 0.264 e. The number of aromatic amines is 1. The van der Waals surface area contributed by atoms with Crippen LogP contribution in [0.3, 0.4) is 0 Å². The van der Waals surface area contributed by atoms with Crippen LogP contribution in [0.2, 0.25) is 0 Å². The normalized spacial score (nSPS) is 13.5. The maximum Gasteiger partial charge on any atom is 0.264 e. The van der Waals surface area contributed by atoms with Gasteiger partial charge in [-0.05, 0) is 41.8 Å². The van der Waals surface area contributed by atoms with E-state index in [1.165, 1.54) is 0 Å². The molecule has 0 aliphatic heterocycles. The van der Waals surface area contributed by atoms with Crippen molar-refractivity contribution in [1.29, 1.82) is 0 Å². The summed E-state index contributed by atoms with van der Waals surface area (Å²) >= 11 is 0. The molecule has 3 heterocycles. The molecule has 1 aliphatic carbocycles. The average molecular weight is 489 g/mol. The number of pyridine rings is 2. The molecule has 6 heteroatoms. The molecular weight excluding hydrogens is 474 g/mol. The van der Waals surface area contributed by atoms with Gasteiger partial charge < -0.3 is 4.98 Å². The summed E-state index contributed by atoms with van der Waals surface area (Å²) in [7, 11) is 0. The van der Waals surface area contributed by atoms with Crippen molar-refractivity contribution >= 4 is 71.6 Å². The number of ketones is 2. The minimum absolute atomic E-state index is 0.112. The SMILES string of the molecule is O=C1c2ccccc2C(=O)c2c1ccc1c2[nH]c2ccc3c(=O)n4c5ccccc5nc4c4ccc1c2c34. The summed E-state index contributed by atoms with van der Waals surface area (Å²) in [4.78, 5) is 49.0. The van der Waals surface area contributed by atoms with E-state index in [1.807, 2.05) is 54.6 Å². The summed E-state index contributed by atoms with van der Waals surface area (Å²) in [5, 5.41) is 4.99. The van der Waals surface area contributed by atoms with Crippen LogP contribution in [0.5, 0.6) is 0 Å². The molecule has 0 spiro atoms. The van der Waals surface area contributed by atoms with Crippen LogP contribution in [-0.2, 0) is 0 Å². The molecule has 3 aromatic heterocycles.